The fourth-order valence-corrected chi connectivity index (χ4v) is 6.13. The largest absolute Gasteiger partial charge is 0.497 e. The molecular weight excluding hydrogens is 446 g/mol. The standard InChI is InChI=1S/C23H31N3O6S/c1-6-32-23(28)20-15(2)25(4)16(3)21(20)33(29,30)26-12-8-9-17(14-26)22(27)24-18-10-7-11-19(13-18)31-5/h7,10-11,13,17H,6,8-9,12,14H2,1-5H3,(H,24,27)/t17-/m1/s1. The Morgan fingerprint density at radius 3 is 2.61 bits per heavy atom. The van der Waals surface area contributed by atoms with Crippen molar-refractivity contribution in [3.63, 3.8) is 0 Å². The van der Waals surface area contributed by atoms with Gasteiger partial charge in [0.1, 0.15) is 16.2 Å². The van der Waals surface area contributed by atoms with Gasteiger partial charge in [-0.3, -0.25) is 4.79 Å². The molecule has 180 valence electrons. The molecule has 0 saturated carbocycles. The predicted molar refractivity (Wildman–Crippen MR) is 124 cm³/mol. The Hall–Kier alpha value is -2.85. The summed E-state index contributed by atoms with van der Waals surface area (Å²) in [4.78, 5) is 25.5. The Morgan fingerprint density at radius 2 is 1.94 bits per heavy atom. The second-order valence-electron chi connectivity index (χ2n) is 8.08. The van der Waals surface area contributed by atoms with Gasteiger partial charge < -0.3 is 19.4 Å². The summed E-state index contributed by atoms with van der Waals surface area (Å²) >= 11 is 0. The van der Waals surface area contributed by atoms with Crippen molar-refractivity contribution in [2.75, 3.05) is 32.1 Å². The zero-order valence-corrected chi connectivity index (χ0v) is 20.5. The Kier molecular flexibility index (Phi) is 7.48. The van der Waals surface area contributed by atoms with Crippen molar-refractivity contribution < 1.29 is 27.5 Å². The lowest BCUT2D eigenvalue weighted by atomic mass is 9.98. The van der Waals surface area contributed by atoms with Crippen molar-refractivity contribution in [2.24, 2.45) is 13.0 Å². The SMILES string of the molecule is CCOC(=O)c1c(S(=O)(=O)N2CCC[C@@H](C(=O)Nc3cccc(OC)c3)C2)c(C)n(C)c1C. The third-order valence-electron chi connectivity index (χ3n) is 6.09. The maximum Gasteiger partial charge on any atom is 0.341 e. The summed E-state index contributed by atoms with van der Waals surface area (Å²) in [6.07, 6.45) is 1.11. The number of esters is 1. The molecule has 2 heterocycles. The van der Waals surface area contributed by atoms with E-state index in [4.69, 9.17) is 9.47 Å². The molecule has 0 spiro atoms. The smallest absolute Gasteiger partial charge is 0.341 e. The van der Waals surface area contributed by atoms with Crippen LogP contribution in [0, 0.1) is 19.8 Å². The molecule has 1 aromatic heterocycles. The van der Waals surface area contributed by atoms with Crippen LogP contribution in [0.15, 0.2) is 29.2 Å². The molecule has 1 N–H and O–H groups in total. The molecule has 1 fully saturated rings. The van der Waals surface area contributed by atoms with E-state index < -0.39 is 21.9 Å². The third-order valence-corrected chi connectivity index (χ3v) is 8.12. The van der Waals surface area contributed by atoms with Gasteiger partial charge in [0.15, 0.2) is 0 Å². The summed E-state index contributed by atoms with van der Waals surface area (Å²) in [5, 5.41) is 2.85. The minimum atomic E-state index is -4.03. The molecule has 0 bridgehead atoms. The van der Waals surface area contributed by atoms with Gasteiger partial charge in [-0.05, 0) is 45.7 Å². The predicted octanol–water partition coefficient (Wildman–Crippen LogP) is 2.87. The van der Waals surface area contributed by atoms with Crippen molar-refractivity contribution in [1.82, 2.24) is 8.87 Å². The summed E-state index contributed by atoms with van der Waals surface area (Å²) < 4.78 is 40.6. The number of methoxy groups -OCH3 is 1. The highest BCUT2D eigenvalue weighted by Crippen LogP contribution is 2.32. The van der Waals surface area contributed by atoms with Crippen LogP contribution in [0.3, 0.4) is 0 Å². The van der Waals surface area contributed by atoms with Gasteiger partial charge in [0, 0.05) is 43.3 Å². The number of nitrogens with one attached hydrogen (secondary N) is 1. The minimum absolute atomic E-state index is 0.0355. The van der Waals surface area contributed by atoms with Crippen LogP contribution in [0.4, 0.5) is 5.69 Å². The lowest BCUT2D eigenvalue weighted by molar-refractivity contribution is -0.120. The number of anilines is 1. The molecule has 2 aromatic rings. The van der Waals surface area contributed by atoms with E-state index in [1.54, 1.807) is 63.8 Å². The van der Waals surface area contributed by atoms with Gasteiger partial charge in [0.05, 0.1) is 19.6 Å². The molecule has 3 rings (SSSR count). The van der Waals surface area contributed by atoms with Gasteiger partial charge in [-0.15, -0.1) is 0 Å². The molecule has 33 heavy (non-hydrogen) atoms. The second-order valence-corrected chi connectivity index (χ2v) is 9.95. The summed E-state index contributed by atoms with van der Waals surface area (Å²) in [6.45, 7) is 5.49. The van der Waals surface area contributed by atoms with E-state index in [2.05, 4.69) is 5.32 Å². The Bertz CT molecular complexity index is 1160. The molecule has 1 aromatic carbocycles. The molecule has 10 heteroatoms. The number of ether oxygens (including phenoxy) is 2. The van der Waals surface area contributed by atoms with Crippen LogP contribution in [0.1, 0.15) is 41.5 Å². The molecular formula is C23H31N3O6S. The summed E-state index contributed by atoms with van der Waals surface area (Å²) in [5.74, 6) is -0.825. The molecule has 0 radical (unpaired) electrons. The minimum Gasteiger partial charge on any atom is -0.497 e. The fourth-order valence-electron chi connectivity index (χ4n) is 4.13. The van der Waals surface area contributed by atoms with Crippen LogP contribution >= 0.6 is 0 Å². The summed E-state index contributed by atoms with van der Waals surface area (Å²) in [7, 11) is -0.767. The first-order valence-corrected chi connectivity index (χ1v) is 12.3. The quantitative estimate of drug-likeness (QED) is 0.615. The number of carbonyl (C=O) groups is 2. The monoisotopic (exact) mass is 477 g/mol. The third kappa shape index (κ3) is 4.91. The zero-order valence-electron chi connectivity index (χ0n) is 19.7. The molecule has 1 aliphatic rings. The number of sulfonamides is 1. The number of rotatable bonds is 7. The van der Waals surface area contributed by atoms with E-state index in [0.717, 1.165) is 0 Å². The maximum atomic E-state index is 13.7. The maximum absolute atomic E-state index is 13.7. The molecule has 9 nitrogen and oxygen atoms in total. The average Bonchev–Trinajstić information content (AvgIpc) is 3.04. The molecule has 0 aliphatic carbocycles. The van der Waals surface area contributed by atoms with Crippen LogP contribution in [-0.4, -0.2) is 56.0 Å². The Morgan fingerprint density at radius 1 is 1.21 bits per heavy atom. The van der Waals surface area contributed by atoms with E-state index in [1.165, 1.54) is 4.31 Å². The lowest BCUT2D eigenvalue weighted by Crippen LogP contribution is -2.44. The highest BCUT2D eigenvalue weighted by molar-refractivity contribution is 7.89. The van der Waals surface area contributed by atoms with Gasteiger partial charge in [-0.2, -0.15) is 4.31 Å². The number of piperidine rings is 1. The van der Waals surface area contributed by atoms with Gasteiger partial charge >= 0.3 is 5.97 Å². The first kappa shape index (κ1) is 24.8. The molecule has 1 saturated heterocycles. The van der Waals surface area contributed by atoms with Gasteiger partial charge in [0.25, 0.3) is 0 Å². The topological polar surface area (TPSA) is 107 Å². The van der Waals surface area contributed by atoms with Crippen molar-refractivity contribution in [1.29, 1.82) is 0 Å². The normalized spacial score (nSPS) is 16.9. The number of nitrogens with zero attached hydrogens (tertiary/aromatic N) is 2. The number of hydrogen-bond acceptors (Lipinski definition) is 6. The Labute approximate surface area is 194 Å². The van der Waals surface area contributed by atoms with Gasteiger partial charge in [-0.1, -0.05) is 6.07 Å². The lowest BCUT2D eigenvalue weighted by Gasteiger charge is -2.31. The molecule has 1 atom stereocenters. The molecule has 1 amide bonds. The van der Waals surface area contributed by atoms with Crippen LogP contribution in [0.25, 0.3) is 0 Å². The first-order valence-electron chi connectivity index (χ1n) is 10.9. The van der Waals surface area contributed by atoms with Crippen molar-refractivity contribution in [2.45, 2.75) is 38.5 Å². The second kappa shape index (κ2) is 9.96. The van der Waals surface area contributed by atoms with E-state index in [9.17, 15) is 18.0 Å². The van der Waals surface area contributed by atoms with E-state index in [-0.39, 0.29) is 36.1 Å². The number of carbonyl (C=O) groups excluding carboxylic acids is 2. The highest BCUT2D eigenvalue weighted by Gasteiger charge is 2.39. The number of aromatic nitrogens is 1. The van der Waals surface area contributed by atoms with Gasteiger partial charge in [-0.25, -0.2) is 13.2 Å². The fraction of sp³-hybridized carbons (Fsp3) is 0.478. The molecule has 0 unspecified atom stereocenters. The first-order chi connectivity index (χ1) is 15.6. The van der Waals surface area contributed by atoms with Crippen LogP contribution in [-0.2, 0) is 26.6 Å². The van der Waals surface area contributed by atoms with Crippen molar-refractivity contribution in [3.05, 3.63) is 41.2 Å². The number of benzene rings is 1. The number of hydrogen-bond donors (Lipinski definition) is 1. The van der Waals surface area contributed by atoms with Gasteiger partial charge in [0.2, 0.25) is 15.9 Å². The van der Waals surface area contributed by atoms with E-state index in [0.29, 0.717) is 35.7 Å². The molecule has 1 aliphatic heterocycles. The van der Waals surface area contributed by atoms with Crippen molar-refractivity contribution >= 4 is 27.6 Å². The summed E-state index contributed by atoms with van der Waals surface area (Å²) in [6, 6.07) is 7.00. The van der Waals surface area contributed by atoms with Crippen LogP contribution in [0.2, 0.25) is 0 Å². The van der Waals surface area contributed by atoms with E-state index >= 15 is 0 Å². The average molecular weight is 478 g/mol. The Balaban J connectivity index is 1.87. The highest BCUT2D eigenvalue weighted by atomic mass is 32.2. The zero-order chi connectivity index (χ0) is 24.3. The van der Waals surface area contributed by atoms with Crippen LogP contribution in [0.5, 0.6) is 5.75 Å². The van der Waals surface area contributed by atoms with Crippen LogP contribution < -0.4 is 10.1 Å². The van der Waals surface area contributed by atoms with E-state index in [1.807, 2.05) is 0 Å². The number of amides is 1. The van der Waals surface area contributed by atoms with Crippen molar-refractivity contribution in [3.8, 4) is 5.75 Å². The summed E-state index contributed by atoms with van der Waals surface area (Å²) in [5.41, 5.74) is 1.62.